The molecule has 2 aromatic heterocycles. The molecule has 0 radical (unpaired) electrons. The van der Waals surface area contributed by atoms with Crippen molar-refractivity contribution in [2.45, 2.75) is 6.18 Å². The number of imidazole rings is 1. The Bertz CT molecular complexity index is 945. The van der Waals surface area contributed by atoms with Gasteiger partial charge in [0.25, 0.3) is 11.5 Å². The number of H-pyrrole nitrogens is 1. The number of aromatic amines is 1. The molecule has 128 valence electrons. The first-order valence-corrected chi connectivity index (χ1v) is 7.05. The lowest BCUT2D eigenvalue weighted by Gasteiger charge is -2.09. The van der Waals surface area contributed by atoms with E-state index < -0.39 is 28.9 Å². The number of pyridine rings is 1. The summed E-state index contributed by atoms with van der Waals surface area (Å²) in [6, 6.07) is 8.13. The normalized spacial score (nSPS) is 11.3. The molecular weight excluding hydrogens is 337 g/mol. The Morgan fingerprint density at radius 1 is 1.12 bits per heavy atom. The van der Waals surface area contributed by atoms with Gasteiger partial charge in [0.05, 0.1) is 6.33 Å². The van der Waals surface area contributed by atoms with Gasteiger partial charge in [-0.2, -0.15) is 13.2 Å². The number of carbonyl (C=O) groups is 1. The van der Waals surface area contributed by atoms with Crippen LogP contribution in [0, 0.1) is 0 Å². The van der Waals surface area contributed by atoms with E-state index in [1.54, 1.807) is 52.5 Å². The van der Waals surface area contributed by atoms with Crippen LogP contribution in [-0.2, 0) is 6.18 Å². The Morgan fingerprint density at radius 2 is 1.84 bits per heavy atom. The van der Waals surface area contributed by atoms with Crippen LogP contribution in [-0.4, -0.2) is 20.4 Å². The first-order chi connectivity index (χ1) is 11.8. The van der Waals surface area contributed by atoms with Gasteiger partial charge in [0, 0.05) is 23.8 Å². The predicted molar refractivity (Wildman–Crippen MR) is 83.6 cm³/mol. The average molecular weight is 348 g/mol. The van der Waals surface area contributed by atoms with E-state index in [4.69, 9.17) is 0 Å². The first kappa shape index (κ1) is 16.5. The number of anilines is 1. The summed E-state index contributed by atoms with van der Waals surface area (Å²) in [7, 11) is 0. The summed E-state index contributed by atoms with van der Waals surface area (Å²) < 4.78 is 39.3. The summed E-state index contributed by atoms with van der Waals surface area (Å²) >= 11 is 0. The fourth-order valence-electron chi connectivity index (χ4n) is 2.15. The quantitative estimate of drug-likeness (QED) is 0.764. The third-order valence-electron chi connectivity index (χ3n) is 3.39. The highest BCUT2D eigenvalue weighted by Gasteiger charge is 2.32. The summed E-state index contributed by atoms with van der Waals surface area (Å²) in [5.74, 6) is -0.801. The second-order valence-electron chi connectivity index (χ2n) is 5.08. The van der Waals surface area contributed by atoms with Gasteiger partial charge in [-0.3, -0.25) is 9.59 Å². The highest BCUT2D eigenvalue weighted by Crippen LogP contribution is 2.26. The van der Waals surface area contributed by atoms with Crippen molar-refractivity contribution in [1.29, 1.82) is 0 Å². The van der Waals surface area contributed by atoms with Crippen molar-refractivity contribution in [3.8, 4) is 5.69 Å². The van der Waals surface area contributed by atoms with E-state index in [-0.39, 0.29) is 0 Å². The summed E-state index contributed by atoms with van der Waals surface area (Å²) in [4.78, 5) is 29.4. The number of hydrogen-bond acceptors (Lipinski definition) is 3. The van der Waals surface area contributed by atoms with Gasteiger partial charge in [0.2, 0.25) is 0 Å². The molecule has 0 unspecified atom stereocenters. The lowest BCUT2D eigenvalue weighted by Crippen LogP contribution is -2.25. The number of amides is 1. The molecule has 0 aliphatic rings. The van der Waals surface area contributed by atoms with E-state index >= 15 is 0 Å². The van der Waals surface area contributed by atoms with Gasteiger partial charge in [-0.25, -0.2) is 4.98 Å². The maximum absolute atomic E-state index is 12.5. The van der Waals surface area contributed by atoms with Crippen LogP contribution in [0.3, 0.4) is 0 Å². The van der Waals surface area contributed by atoms with Gasteiger partial charge in [0.1, 0.15) is 11.3 Å². The van der Waals surface area contributed by atoms with Crippen LogP contribution >= 0.6 is 0 Å². The van der Waals surface area contributed by atoms with Crippen molar-refractivity contribution in [3.63, 3.8) is 0 Å². The van der Waals surface area contributed by atoms with Gasteiger partial charge < -0.3 is 14.9 Å². The number of hydrogen-bond donors (Lipinski definition) is 2. The molecule has 0 atom stereocenters. The molecule has 2 N–H and O–H groups in total. The van der Waals surface area contributed by atoms with Gasteiger partial charge in [-0.05, 0) is 36.4 Å². The van der Waals surface area contributed by atoms with Gasteiger partial charge in [-0.1, -0.05) is 0 Å². The molecule has 0 fully saturated rings. The van der Waals surface area contributed by atoms with Crippen LogP contribution in [0.15, 0.2) is 59.9 Å². The second-order valence-corrected chi connectivity index (χ2v) is 5.08. The number of nitrogens with one attached hydrogen (secondary N) is 2. The van der Waals surface area contributed by atoms with Crippen molar-refractivity contribution < 1.29 is 18.0 Å². The van der Waals surface area contributed by atoms with Gasteiger partial charge in [-0.15, -0.1) is 0 Å². The number of alkyl halides is 3. The van der Waals surface area contributed by atoms with E-state index in [1.807, 2.05) is 0 Å². The van der Waals surface area contributed by atoms with Gasteiger partial charge in [0.15, 0.2) is 0 Å². The van der Waals surface area contributed by atoms with Crippen LogP contribution < -0.4 is 10.9 Å². The maximum atomic E-state index is 12.5. The van der Waals surface area contributed by atoms with E-state index in [0.29, 0.717) is 11.8 Å². The average Bonchev–Trinajstić information content (AvgIpc) is 3.09. The Kier molecular flexibility index (Phi) is 4.14. The molecule has 3 rings (SSSR count). The number of carbonyl (C=O) groups excluding carboxylic acids is 1. The van der Waals surface area contributed by atoms with E-state index in [2.05, 4.69) is 10.3 Å². The molecule has 0 aliphatic heterocycles. The zero-order valence-corrected chi connectivity index (χ0v) is 12.5. The summed E-state index contributed by atoms with van der Waals surface area (Å²) in [6.45, 7) is 0. The van der Waals surface area contributed by atoms with Crippen molar-refractivity contribution in [1.82, 2.24) is 14.5 Å². The van der Waals surface area contributed by atoms with Crippen molar-refractivity contribution in [2.75, 3.05) is 5.32 Å². The van der Waals surface area contributed by atoms with Crippen molar-refractivity contribution >= 4 is 11.6 Å². The molecule has 3 aromatic rings. The van der Waals surface area contributed by atoms with Crippen LogP contribution in [0.2, 0.25) is 0 Å². The molecule has 0 bridgehead atoms. The SMILES string of the molecule is O=C(Nc1ccc(-n2ccnc2)cc1)c1ccc(C(F)(F)F)[nH]c1=O. The monoisotopic (exact) mass is 348 g/mol. The zero-order chi connectivity index (χ0) is 18.0. The lowest BCUT2D eigenvalue weighted by molar-refractivity contribution is -0.141. The first-order valence-electron chi connectivity index (χ1n) is 7.05. The summed E-state index contributed by atoms with van der Waals surface area (Å²) in [6.07, 6.45) is 0.286. The van der Waals surface area contributed by atoms with Crippen molar-refractivity contribution in [3.05, 3.63) is 76.7 Å². The van der Waals surface area contributed by atoms with E-state index in [0.717, 1.165) is 11.8 Å². The molecule has 6 nitrogen and oxygen atoms in total. The number of aromatic nitrogens is 3. The summed E-state index contributed by atoms with van der Waals surface area (Å²) in [5, 5.41) is 2.46. The van der Waals surface area contributed by atoms with Crippen LogP contribution in [0.4, 0.5) is 18.9 Å². The van der Waals surface area contributed by atoms with E-state index in [1.165, 1.54) is 0 Å². The molecule has 1 amide bonds. The highest BCUT2D eigenvalue weighted by atomic mass is 19.4. The van der Waals surface area contributed by atoms with Crippen LogP contribution in [0.25, 0.3) is 5.69 Å². The zero-order valence-electron chi connectivity index (χ0n) is 12.5. The summed E-state index contributed by atoms with van der Waals surface area (Å²) in [5.41, 5.74) is -1.52. The molecule has 9 heteroatoms. The highest BCUT2D eigenvalue weighted by molar-refractivity contribution is 6.04. The minimum absolute atomic E-state index is 0.396. The standard InChI is InChI=1S/C16H11F3N4O2/c17-16(18,19)13-6-5-12(15(25)22-13)14(24)21-10-1-3-11(4-2-10)23-8-7-20-9-23/h1-9H,(H,21,24)(H,22,25). The third kappa shape index (κ3) is 3.60. The minimum Gasteiger partial charge on any atom is -0.322 e. The third-order valence-corrected chi connectivity index (χ3v) is 3.39. The Hall–Kier alpha value is -3.36. The predicted octanol–water partition coefficient (Wildman–Crippen LogP) is 2.83. The number of benzene rings is 1. The number of rotatable bonds is 3. The molecule has 0 spiro atoms. The van der Waals surface area contributed by atoms with E-state index in [9.17, 15) is 22.8 Å². The van der Waals surface area contributed by atoms with Crippen molar-refractivity contribution in [2.24, 2.45) is 0 Å². The molecule has 0 aliphatic carbocycles. The topological polar surface area (TPSA) is 79.8 Å². The lowest BCUT2D eigenvalue weighted by atomic mass is 10.2. The maximum Gasteiger partial charge on any atom is 0.431 e. The van der Waals surface area contributed by atoms with Crippen LogP contribution in [0.5, 0.6) is 0 Å². The fourth-order valence-corrected chi connectivity index (χ4v) is 2.15. The Labute approximate surface area is 139 Å². The van der Waals surface area contributed by atoms with Crippen LogP contribution in [0.1, 0.15) is 16.1 Å². The second kappa shape index (κ2) is 6.27. The number of halogens is 3. The largest absolute Gasteiger partial charge is 0.431 e. The Balaban J connectivity index is 1.77. The number of nitrogens with zero attached hydrogens (tertiary/aromatic N) is 2. The fraction of sp³-hybridized carbons (Fsp3) is 0.0625. The molecule has 25 heavy (non-hydrogen) atoms. The molecule has 0 saturated heterocycles. The smallest absolute Gasteiger partial charge is 0.322 e. The molecule has 0 saturated carbocycles. The van der Waals surface area contributed by atoms with Gasteiger partial charge >= 0.3 is 6.18 Å². The molecule has 2 heterocycles. The molecular formula is C16H11F3N4O2. The minimum atomic E-state index is -4.68. The molecule has 1 aromatic carbocycles. The Morgan fingerprint density at radius 3 is 2.40 bits per heavy atom.